The van der Waals surface area contributed by atoms with E-state index in [4.69, 9.17) is 28.9 Å². The van der Waals surface area contributed by atoms with Gasteiger partial charge in [0.15, 0.2) is 0 Å². The fourth-order valence-corrected chi connectivity index (χ4v) is 3.24. The number of hydrogen-bond acceptors (Lipinski definition) is 2. The second kappa shape index (κ2) is 5.92. The van der Waals surface area contributed by atoms with E-state index in [0.29, 0.717) is 16.5 Å². The highest BCUT2D eigenvalue weighted by molar-refractivity contribution is 6.31. The van der Waals surface area contributed by atoms with Crippen molar-refractivity contribution in [1.29, 1.82) is 0 Å². The number of hydrogen-bond donors (Lipinski definition) is 1. The van der Waals surface area contributed by atoms with Crippen molar-refractivity contribution in [2.75, 3.05) is 4.90 Å². The van der Waals surface area contributed by atoms with Gasteiger partial charge >= 0.3 is 0 Å². The lowest BCUT2D eigenvalue weighted by atomic mass is 9.94. The molecule has 114 valence electrons. The van der Waals surface area contributed by atoms with Gasteiger partial charge < -0.3 is 10.6 Å². The lowest BCUT2D eigenvalue weighted by Gasteiger charge is -2.37. The summed E-state index contributed by atoms with van der Waals surface area (Å²) in [4.78, 5) is 14.3. The molecular formula is C17H16Cl2N2O. The van der Waals surface area contributed by atoms with Crippen LogP contribution in [0.15, 0.2) is 42.5 Å². The number of fused-ring (bicyclic) bond motifs is 1. The van der Waals surface area contributed by atoms with Gasteiger partial charge in [-0.25, -0.2) is 0 Å². The maximum Gasteiger partial charge on any atom is 0.244 e. The van der Waals surface area contributed by atoms with Crippen molar-refractivity contribution in [3.63, 3.8) is 0 Å². The molecular weight excluding hydrogens is 319 g/mol. The summed E-state index contributed by atoms with van der Waals surface area (Å²) in [5.74, 6) is -0.0951. The molecule has 0 aromatic heterocycles. The van der Waals surface area contributed by atoms with Crippen LogP contribution in [-0.4, -0.2) is 11.9 Å². The van der Waals surface area contributed by atoms with Gasteiger partial charge in [0.25, 0.3) is 0 Å². The third-order valence-electron chi connectivity index (χ3n) is 4.02. The fourth-order valence-electron chi connectivity index (χ4n) is 2.87. The van der Waals surface area contributed by atoms with Crippen molar-refractivity contribution in [3.05, 3.63) is 63.6 Å². The van der Waals surface area contributed by atoms with Crippen molar-refractivity contribution in [3.8, 4) is 0 Å². The highest BCUT2D eigenvalue weighted by Gasteiger charge is 2.34. The van der Waals surface area contributed by atoms with Crippen molar-refractivity contribution in [1.82, 2.24) is 0 Å². The van der Waals surface area contributed by atoms with E-state index in [1.165, 1.54) is 0 Å². The molecule has 5 heteroatoms. The summed E-state index contributed by atoms with van der Waals surface area (Å²) in [5, 5.41) is 1.25. The molecule has 3 nitrogen and oxygen atoms in total. The van der Waals surface area contributed by atoms with Crippen molar-refractivity contribution < 1.29 is 4.79 Å². The highest BCUT2D eigenvalue weighted by Crippen LogP contribution is 2.36. The summed E-state index contributed by atoms with van der Waals surface area (Å²) in [6.45, 7) is 1.96. The van der Waals surface area contributed by atoms with Crippen molar-refractivity contribution in [2.45, 2.75) is 25.4 Å². The standard InChI is InChI=1S/C17H16Cl2N2O/c1-10(11-3-2-4-13(18)7-11)21-16-9-14(19)6-5-12(16)8-15(20)17(21)22/h2-7,9-10,15H,8,20H2,1H3/t10-,15+/m0/s1. The minimum Gasteiger partial charge on any atom is -0.320 e. The Bertz CT molecular complexity index is 732. The van der Waals surface area contributed by atoms with Crippen LogP contribution in [0.5, 0.6) is 0 Å². The molecule has 2 aromatic carbocycles. The predicted molar refractivity (Wildman–Crippen MR) is 90.5 cm³/mol. The number of nitrogens with two attached hydrogens (primary N) is 1. The zero-order valence-corrected chi connectivity index (χ0v) is 13.6. The van der Waals surface area contributed by atoms with Crippen molar-refractivity contribution in [2.24, 2.45) is 5.73 Å². The fraction of sp³-hybridized carbons (Fsp3) is 0.235. The van der Waals surface area contributed by atoms with Gasteiger partial charge in [-0.1, -0.05) is 41.4 Å². The molecule has 0 aliphatic carbocycles. The van der Waals surface area contributed by atoms with Gasteiger partial charge in [0, 0.05) is 15.7 Å². The third kappa shape index (κ3) is 2.72. The van der Waals surface area contributed by atoms with Gasteiger partial charge in [-0.05, 0) is 48.7 Å². The van der Waals surface area contributed by atoms with E-state index in [1.807, 2.05) is 49.4 Å². The van der Waals surface area contributed by atoms with E-state index in [-0.39, 0.29) is 11.9 Å². The number of halogens is 2. The Morgan fingerprint density at radius 2 is 1.91 bits per heavy atom. The molecule has 0 bridgehead atoms. The molecule has 3 rings (SSSR count). The molecule has 0 saturated heterocycles. The van der Waals surface area contributed by atoms with E-state index in [2.05, 4.69) is 0 Å². The minimum absolute atomic E-state index is 0.0951. The topological polar surface area (TPSA) is 46.3 Å². The maximum absolute atomic E-state index is 12.6. The normalized spacial score (nSPS) is 19.0. The Morgan fingerprint density at radius 3 is 2.64 bits per heavy atom. The Morgan fingerprint density at radius 1 is 1.18 bits per heavy atom. The quantitative estimate of drug-likeness (QED) is 0.903. The molecule has 0 saturated carbocycles. The van der Waals surface area contributed by atoms with E-state index in [9.17, 15) is 4.79 Å². The van der Waals surface area contributed by atoms with Crippen LogP contribution < -0.4 is 10.6 Å². The summed E-state index contributed by atoms with van der Waals surface area (Å²) in [6, 6.07) is 12.4. The van der Waals surface area contributed by atoms with Crippen LogP contribution >= 0.6 is 23.2 Å². The van der Waals surface area contributed by atoms with Crippen LogP contribution in [0.3, 0.4) is 0 Å². The monoisotopic (exact) mass is 334 g/mol. The van der Waals surface area contributed by atoms with Crippen LogP contribution in [0.25, 0.3) is 0 Å². The number of carbonyl (C=O) groups is 1. The number of carbonyl (C=O) groups excluding carboxylic acids is 1. The van der Waals surface area contributed by atoms with Gasteiger partial charge in [0.05, 0.1) is 12.1 Å². The first-order chi connectivity index (χ1) is 10.5. The molecule has 2 atom stereocenters. The number of rotatable bonds is 2. The van der Waals surface area contributed by atoms with Crippen LogP contribution in [0, 0.1) is 0 Å². The Hall–Kier alpha value is -1.55. The first-order valence-electron chi connectivity index (χ1n) is 7.10. The number of nitrogens with zero attached hydrogens (tertiary/aromatic N) is 1. The van der Waals surface area contributed by atoms with Crippen LogP contribution in [-0.2, 0) is 11.2 Å². The predicted octanol–water partition coefficient (Wildman–Crippen LogP) is 3.97. The number of benzene rings is 2. The van der Waals surface area contributed by atoms with Gasteiger partial charge in [-0.3, -0.25) is 4.79 Å². The third-order valence-corrected chi connectivity index (χ3v) is 4.49. The summed E-state index contributed by atoms with van der Waals surface area (Å²) in [6.07, 6.45) is 0.532. The molecule has 0 fully saturated rings. The summed E-state index contributed by atoms with van der Waals surface area (Å²) < 4.78 is 0. The summed E-state index contributed by atoms with van der Waals surface area (Å²) in [5.41, 5.74) is 8.83. The second-order valence-corrected chi connectivity index (χ2v) is 6.40. The Labute approximate surface area is 139 Å². The van der Waals surface area contributed by atoms with Gasteiger partial charge in [-0.15, -0.1) is 0 Å². The highest BCUT2D eigenvalue weighted by atomic mass is 35.5. The smallest absolute Gasteiger partial charge is 0.244 e. The maximum atomic E-state index is 12.6. The molecule has 1 heterocycles. The molecule has 2 aromatic rings. The lowest BCUT2D eigenvalue weighted by Crippen LogP contribution is -2.49. The lowest BCUT2D eigenvalue weighted by molar-refractivity contribution is -0.120. The van der Waals surface area contributed by atoms with Crippen LogP contribution in [0.4, 0.5) is 5.69 Å². The van der Waals surface area contributed by atoms with E-state index in [1.54, 1.807) is 4.90 Å². The zero-order valence-electron chi connectivity index (χ0n) is 12.1. The minimum atomic E-state index is -0.532. The van der Waals surface area contributed by atoms with Crippen LogP contribution in [0.1, 0.15) is 24.1 Å². The molecule has 1 amide bonds. The summed E-state index contributed by atoms with van der Waals surface area (Å²) in [7, 11) is 0. The van der Waals surface area contributed by atoms with Gasteiger partial charge in [0.2, 0.25) is 5.91 Å². The average molecular weight is 335 g/mol. The number of anilines is 1. The average Bonchev–Trinajstić information content (AvgIpc) is 2.49. The van der Waals surface area contributed by atoms with E-state index >= 15 is 0 Å². The van der Waals surface area contributed by atoms with Crippen LogP contribution in [0.2, 0.25) is 10.0 Å². The van der Waals surface area contributed by atoms with Gasteiger partial charge in [0.1, 0.15) is 0 Å². The molecule has 22 heavy (non-hydrogen) atoms. The first kappa shape index (κ1) is 15.3. The van der Waals surface area contributed by atoms with E-state index < -0.39 is 6.04 Å². The largest absolute Gasteiger partial charge is 0.320 e. The Kier molecular flexibility index (Phi) is 4.13. The number of amides is 1. The second-order valence-electron chi connectivity index (χ2n) is 5.52. The molecule has 0 unspecified atom stereocenters. The van der Waals surface area contributed by atoms with E-state index in [0.717, 1.165) is 16.8 Å². The molecule has 1 aliphatic heterocycles. The molecule has 0 spiro atoms. The molecule has 2 N–H and O–H groups in total. The SMILES string of the molecule is C[C@@H](c1cccc(Cl)c1)N1C(=O)[C@H](N)Cc2ccc(Cl)cc21. The molecule has 1 aliphatic rings. The molecule has 0 radical (unpaired) electrons. The summed E-state index contributed by atoms with van der Waals surface area (Å²) >= 11 is 12.2. The Balaban J connectivity index is 2.08. The zero-order chi connectivity index (χ0) is 15.9. The van der Waals surface area contributed by atoms with Crippen molar-refractivity contribution >= 4 is 34.8 Å². The first-order valence-corrected chi connectivity index (χ1v) is 7.85. The van der Waals surface area contributed by atoms with Gasteiger partial charge in [-0.2, -0.15) is 0 Å².